The molecule has 0 atom stereocenters. The molecular weight excluding hydrogens is 414 g/mol. The van der Waals surface area contributed by atoms with Crippen LogP contribution in [0.5, 0.6) is 0 Å². The minimum absolute atomic E-state index is 0.0127. The number of rotatable bonds is 14. The van der Waals surface area contributed by atoms with Gasteiger partial charge in [0.2, 0.25) is 5.76 Å². The third-order valence-electron chi connectivity index (χ3n) is 3.89. The van der Waals surface area contributed by atoms with E-state index in [0.717, 1.165) is 0 Å². The number of hydrogen-bond acceptors (Lipinski definition) is 9. The molecule has 0 saturated heterocycles. The van der Waals surface area contributed by atoms with Crippen LogP contribution in [0.1, 0.15) is 6.42 Å². The summed E-state index contributed by atoms with van der Waals surface area (Å²) in [5.41, 5.74) is 23.6. The van der Waals surface area contributed by atoms with E-state index in [2.05, 4.69) is 40.6 Å². The van der Waals surface area contributed by atoms with Crippen LogP contribution >= 0.6 is 0 Å². The predicted molar refractivity (Wildman–Crippen MR) is 107 cm³/mol. The van der Waals surface area contributed by atoms with Crippen molar-refractivity contribution in [2.75, 3.05) is 32.8 Å². The largest absolute Gasteiger partial charge is 0.487 e. The molecule has 0 unspecified atom stereocenters. The average Bonchev–Trinajstić information content (AvgIpc) is 2.76. The lowest BCUT2D eigenvalue weighted by atomic mass is 9.96. The summed E-state index contributed by atoms with van der Waals surface area (Å²) < 4.78 is 5.25. The molecule has 0 radical (unpaired) electrons. The van der Waals surface area contributed by atoms with E-state index in [4.69, 9.17) is 26.7 Å². The van der Waals surface area contributed by atoms with Crippen molar-refractivity contribution in [3.05, 3.63) is 76.5 Å². The lowest BCUT2D eigenvalue weighted by molar-refractivity contribution is -0.754. The second-order valence-corrected chi connectivity index (χ2v) is 5.93. The van der Waals surface area contributed by atoms with Crippen molar-refractivity contribution in [1.29, 1.82) is 5.41 Å². The molecule has 3 N–H and O–H groups in total. The van der Waals surface area contributed by atoms with E-state index in [-0.39, 0.29) is 61.9 Å². The molecule has 17 nitrogen and oxygen atoms in total. The maximum absolute atomic E-state index is 11.4. The highest BCUT2D eigenvalue weighted by Crippen LogP contribution is 2.22. The Morgan fingerprint density at radius 3 is 2.39 bits per heavy atom. The van der Waals surface area contributed by atoms with Crippen molar-refractivity contribution in [2.24, 2.45) is 20.5 Å². The fourth-order valence-corrected chi connectivity index (χ4v) is 2.34. The van der Waals surface area contributed by atoms with Gasteiger partial charge in [-0.25, -0.2) is 5.21 Å². The molecule has 0 saturated carbocycles. The number of azide groups is 3. The fraction of sp³-hybridized carbons (Fsp3) is 0.500. The Hall–Kier alpha value is -4.58. The first kappa shape index (κ1) is 24.5. The van der Waals surface area contributed by atoms with Crippen molar-refractivity contribution < 1.29 is 14.9 Å². The molecule has 0 amide bonds. The summed E-state index contributed by atoms with van der Waals surface area (Å²) in [5.74, 6) is -0.0827. The van der Waals surface area contributed by atoms with Crippen LogP contribution in [0.4, 0.5) is 0 Å². The van der Waals surface area contributed by atoms with Crippen LogP contribution in [0.3, 0.4) is 0 Å². The zero-order valence-corrected chi connectivity index (χ0v) is 16.1. The number of hydrogen-bond donors (Lipinski definition) is 3. The van der Waals surface area contributed by atoms with Crippen molar-refractivity contribution in [2.45, 2.75) is 12.0 Å². The van der Waals surface area contributed by atoms with Gasteiger partial charge in [0.1, 0.15) is 5.54 Å². The molecule has 0 aromatic rings. The quantitative estimate of drug-likeness (QED) is 0.0928. The van der Waals surface area contributed by atoms with Crippen LogP contribution < -0.4 is 5.32 Å². The molecule has 31 heavy (non-hydrogen) atoms. The molecule has 1 aliphatic carbocycles. The zero-order valence-electron chi connectivity index (χ0n) is 16.1. The Kier molecular flexibility index (Phi) is 10.1. The van der Waals surface area contributed by atoms with Gasteiger partial charge in [-0.05, 0) is 23.0 Å². The van der Waals surface area contributed by atoms with E-state index in [9.17, 15) is 15.0 Å². The molecule has 0 fully saturated rings. The van der Waals surface area contributed by atoms with Crippen LogP contribution in [-0.2, 0) is 4.74 Å². The molecular formula is C14H18N13O4+. The normalized spacial score (nSPS) is 15.7. The van der Waals surface area contributed by atoms with E-state index in [1.54, 1.807) is 0 Å². The minimum Gasteiger partial charge on any atom is -0.487 e. The number of nitrogens with one attached hydrogen (secondary N) is 2. The molecule has 162 valence electrons. The summed E-state index contributed by atoms with van der Waals surface area (Å²) in [4.78, 5) is 29.9. The predicted octanol–water partition coefficient (Wildman–Crippen LogP) is 3.27. The molecule has 1 aliphatic rings. The molecule has 1 rings (SSSR count). The lowest BCUT2D eigenvalue weighted by Gasteiger charge is -2.22. The molecule has 0 aromatic heterocycles. The summed E-state index contributed by atoms with van der Waals surface area (Å²) in [6, 6.07) is 0. The van der Waals surface area contributed by atoms with Gasteiger partial charge in [0, 0.05) is 45.2 Å². The topological polar surface area (TPSA) is 261 Å². The molecule has 0 spiro atoms. The van der Waals surface area contributed by atoms with Gasteiger partial charge in [0.25, 0.3) is 4.92 Å². The van der Waals surface area contributed by atoms with Gasteiger partial charge in [-0.2, -0.15) is 4.91 Å². The van der Waals surface area contributed by atoms with Gasteiger partial charge in [-0.15, -0.1) is 0 Å². The Balaban J connectivity index is 2.87. The highest BCUT2D eigenvalue weighted by atomic mass is 16.6. The number of allylic oxidation sites excluding steroid dienone is 3. The molecule has 0 aromatic carbocycles. The highest BCUT2D eigenvalue weighted by molar-refractivity contribution is 6.10. The standard InChI is InChI=1S/C14H18N13O4/c15-11-6-13(31-4-3-20-24-16)12(27(29)30)5-10(11)7-19-2-1-14(23-28,8-21-25-17)9-22-26-18/h5-7,15,19H,1-4,8-9H2,(H,29,30)/q+1/b10-7-,15-11?. The first-order chi connectivity index (χ1) is 14.9. The lowest BCUT2D eigenvalue weighted by Crippen LogP contribution is -2.36. The van der Waals surface area contributed by atoms with E-state index in [0.29, 0.717) is 0 Å². The highest BCUT2D eigenvalue weighted by Gasteiger charge is 2.31. The molecule has 0 aliphatic heterocycles. The van der Waals surface area contributed by atoms with E-state index >= 15 is 0 Å². The third kappa shape index (κ3) is 7.75. The van der Waals surface area contributed by atoms with Crippen molar-refractivity contribution in [1.82, 2.24) is 5.32 Å². The summed E-state index contributed by atoms with van der Waals surface area (Å²) in [6.45, 7) is -0.574. The molecule has 0 bridgehead atoms. The van der Waals surface area contributed by atoms with Crippen LogP contribution in [-0.4, -0.2) is 54.2 Å². The summed E-state index contributed by atoms with van der Waals surface area (Å²) in [5, 5.41) is 33.0. The zero-order chi connectivity index (χ0) is 23.1. The molecule has 0 heterocycles. The van der Waals surface area contributed by atoms with Crippen LogP contribution in [0.25, 0.3) is 31.3 Å². The second-order valence-electron chi connectivity index (χ2n) is 5.93. The maximum atomic E-state index is 11.4. The summed E-state index contributed by atoms with van der Waals surface area (Å²) >= 11 is 0. The number of nitrogens with zero attached hydrogens (tertiary/aromatic N) is 11. The van der Waals surface area contributed by atoms with Gasteiger partial charge in [0.05, 0.1) is 36.9 Å². The fourth-order valence-electron chi connectivity index (χ4n) is 2.34. The summed E-state index contributed by atoms with van der Waals surface area (Å²) in [7, 11) is 0. The smallest absolute Gasteiger partial charge is 0.358 e. The van der Waals surface area contributed by atoms with Crippen molar-refractivity contribution in [3.63, 3.8) is 0 Å². The third-order valence-corrected chi connectivity index (χ3v) is 3.89. The Bertz CT molecular complexity index is 929. The van der Waals surface area contributed by atoms with Crippen LogP contribution in [0.15, 0.2) is 55.9 Å². The van der Waals surface area contributed by atoms with Gasteiger partial charge in [0.15, 0.2) is 0 Å². The average molecular weight is 432 g/mol. The monoisotopic (exact) mass is 432 g/mol. The van der Waals surface area contributed by atoms with Gasteiger partial charge in [-0.3, -0.25) is 0 Å². The van der Waals surface area contributed by atoms with Gasteiger partial charge >= 0.3 is 5.70 Å². The van der Waals surface area contributed by atoms with E-state index < -0.39 is 10.5 Å². The van der Waals surface area contributed by atoms with Crippen LogP contribution in [0, 0.1) is 15.2 Å². The SMILES string of the molecule is [N-]=[N+]=NCCOC1=CC(=N)/C(=C\NCCC(CN=[N+]=[N-])(CN=[N+]=[N-])N=O)C=C1[N+](=O)O. The first-order valence-corrected chi connectivity index (χ1v) is 8.55. The maximum Gasteiger partial charge on any atom is 0.358 e. The van der Waals surface area contributed by atoms with Gasteiger partial charge in [-0.1, -0.05) is 20.5 Å². The first-order valence-electron chi connectivity index (χ1n) is 8.55. The molecule has 17 heteroatoms. The van der Waals surface area contributed by atoms with E-state index in [1.165, 1.54) is 18.4 Å². The van der Waals surface area contributed by atoms with Crippen molar-refractivity contribution in [3.8, 4) is 0 Å². The van der Waals surface area contributed by atoms with E-state index in [1.807, 2.05) is 0 Å². The Morgan fingerprint density at radius 1 is 1.19 bits per heavy atom. The minimum atomic E-state index is -1.44. The Labute approximate surface area is 174 Å². The number of ether oxygens (including phenoxy) is 1. The Morgan fingerprint density at radius 2 is 1.84 bits per heavy atom. The van der Waals surface area contributed by atoms with Gasteiger partial charge < -0.3 is 15.5 Å². The number of nitroso groups, excluding NO2 is 1. The second kappa shape index (κ2) is 12.8. The van der Waals surface area contributed by atoms with Crippen LogP contribution in [0.2, 0.25) is 0 Å². The van der Waals surface area contributed by atoms with Crippen molar-refractivity contribution >= 4 is 5.71 Å². The summed E-state index contributed by atoms with van der Waals surface area (Å²) in [6.07, 6.45) is 3.78.